The normalized spacial score (nSPS) is 15.7. The molecule has 1 aliphatic heterocycles. The molecular formula is C39H56N4O8. The van der Waals surface area contributed by atoms with Crippen molar-refractivity contribution in [3.8, 4) is 11.1 Å². The highest BCUT2D eigenvalue weighted by atomic mass is 16.6. The molecule has 12 nitrogen and oxygen atoms in total. The number of esters is 2. The van der Waals surface area contributed by atoms with Gasteiger partial charge in [-0.05, 0) is 77.5 Å². The summed E-state index contributed by atoms with van der Waals surface area (Å²) in [7, 11) is 1.27. The molecular weight excluding hydrogens is 652 g/mol. The molecule has 0 aromatic heterocycles. The van der Waals surface area contributed by atoms with Crippen molar-refractivity contribution in [1.29, 1.82) is 0 Å². The van der Waals surface area contributed by atoms with Gasteiger partial charge in [-0.1, -0.05) is 67.9 Å². The Bertz CT molecular complexity index is 1470. The number of hydrogen-bond acceptors (Lipinski definition) is 8. The van der Waals surface area contributed by atoms with Crippen LogP contribution >= 0.6 is 0 Å². The van der Waals surface area contributed by atoms with Crippen LogP contribution < -0.4 is 10.6 Å². The number of amides is 4. The quantitative estimate of drug-likeness (QED) is 0.187. The van der Waals surface area contributed by atoms with E-state index in [9.17, 15) is 24.0 Å². The number of ether oxygens (including phenoxy) is 3. The van der Waals surface area contributed by atoms with Gasteiger partial charge in [0.2, 0.25) is 5.91 Å². The molecule has 0 radical (unpaired) electrons. The number of carbonyl (C=O) groups excluding carboxylic acids is 5. The summed E-state index contributed by atoms with van der Waals surface area (Å²) in [6.07, 6.45) is 2.12. The number of nitrogens with zero attached hydrogens (tertiary/aromatic N) is 2. The average Bonchev–Trinajstić information content (AvgIpc) is 3.57. The van der Waals surface area contributed by atoms with E-state index in [2.05, 4.69) is 10.6 Å². The summed E-state index contributed by atoms with van der Waals surface area (Å²) in [4.78, 5) is 69.4. The Hall–Kier alpha value is -4.61. The van der Waals surface area contributed by atoms with Crippen molar-refractivity contribution in [3.05, 3.63) is 60.2 Å². The summed E-state index contributed by atoms with van der Waals surface area (Å²) in [6, 6.07) is 15.4. The van der Waals surface area contributed by atoms with E-state index in [1.54, 1.807) is 41.5 Å². The second-order valence-corrected chi connectivity index (χ2v) is 14.9. The standard InChI is InChI=1S/C39H56N4O8/c1-9-10-22-42(36(47)41-31(35(46)49-8)24-27-18-20-29(21-19-27)28-15-12-11-13-16-28)26-30(34(45)50-38(2,3)4)25-40-33(44)32-17-14-23-43(32)37(48)51-39(5,6)7/h11-13,15-16,18-21,30-32H,9-10,14,17,22-26H2,1-8H3,(H,40,44)(H,41,47)/t30-,31-,32-/m0/s1. The summed E-state index contributed by atoms with van der Waals surface area (Å²) < 4.78 is 16.3. The van der Waals surface area contributed by atoms with E-state index < -0.39 is 59.2 Å². The van der Waals surface area contributed by atoms with Crippen LogP contribution in [0.3, 0.4) is 0 Å². The van der Waals surface area contributed by atoms with Gasteiger partial charge in [-0.25, -0.2) is 14.4 Å². The molecule has 0 saturated carbocycles. The number of hydrogen-bond donors (Lipinski definition) is 2. The summed E-state index contributed by atoms with van der Waals surface area (Å²) in [5.74, 6) is -2.54. The van der Waals surface area contributed by atoms with E-state index in [1.807, 2.05) is 61.5 Å². The van der Waals surface area contributed by atoms with Crippen molar-refractivity contribution in [2.75, 3.05) is 33.3 Å². The fourth-order valence-corrected chi connectivity index (χ4v) is 5.69. The first-order valence-electron chi connectivity index (χ1n) is 17.8. The number of nitrogens with one attached hydrogen (secondary N) is 2. The topological polar surface area (TPSA) is 144 Å². The van der Waals surface area contributed by atoms with Crippen LogP contribution in [-0.4, -0.2) is 96.3 Å². The molecule has 0 aliphatic carbocycles. The van der Waals surface area contributed by atoms with E-state index >= 15 is 0 Å². The van der Waals surface area contributed by atoms with E-state index in [1.165, 1.54) is 16.9 Å². The van der Waals surface area contributed by atoms with Crippen molar-refractivity contribution in [2.24, 2.45) is 5.92 Å². The molecule has 4 amide bonds. The highest BCUT2D eigenvalue weighted by Gasteiger charge is 2.38. The van der Waals surface area contributed by atoms with Crippen molar-refractivity contribution < 1.29 is 38.2 Å². The Labute approximate surface area is 302 Å². The molecule has 1 aliphatic rings. The minimum absolute atomic E-state index is 0.0822. The minimum atomic E-state index is -0.991. The van der Waals surface area contributed by atoms with Gasteiger partial charge in [-0.2, -0.15) is 0 Å². The van der Waals surface area contributed by atoms with Gasteiger partial charge in [-0.15, -0.1) is 0 Å². The Balaban J connectivity index is 1.77. The molecule has 280 valence electrons. The van der Waals surface area contributed by atoms with Gasteiger partial charge in [-0.3, -0.25) is 14.5 Å². The SMILES string of the molecule is CCCCN(C[C@H](CNC(=O)[C@@H]1CCCN1C(=O)OC(C)(C)C)C(=O)OC(C)(C)C)C(=O)N[C@@H](Cc1ccc(-c2ccccc2)cc1)C(=O)OC. The molecule has 2 N–H and O–H groups in total. The smallest absolute Gasteiger partial charge is 0.410 e. The first kappa shape index (κ1) is 40.8. The monoisotopic (exact) mass is 708 g/mol. The summed E-state index contributed by atoms with van der Waals surface area (Å²) in [5.41, 5.74) is 1.38. The largest absolute Gasteiger partial charge is 0.467 e. The third-order valence-electron chi connectivity index (χ3n) is 8.24. The number of benzene rings is 2. The van der Waals surface area contributed by atoms with Gasteiger partial charge >= 0.3 is 24.1 Å². The third-order valence-corrected chi connectivity index (χ3v) is 8.24. The predicted molar refractivity (Wildman–Crippen MR) is 195 cm³/mol. The molecule has 0 bridgehead atoms. The zero-order chi connectivity index (χ0) is 37.8. The first-order chi connectivity index (χ1) is 24.0. The van der Waals surface area contributed by atoms with E-state index in [0.717, 1.165) is 23.1 Å². The maximum absolute atomic E-state index is 13.8. The highest BCUT2D eigenvalue weighted by Crippen LogP contribution is 2.22. The number of unbranched alkanes of at least 4 members (excludes halogenated alkanes) is 1. The Morgan fingerprint density at radius 2 is 1.51 bits per heavy atom. The molecule has 3 atom stereocenters. The van der Waals surface area contributed by atoms with Gasteiger partial charge in [0, 0.05) is 32.6 Å². The van der Waals surface area contributed by atoms with Crippen LogP contribution in [0, 0.1) is 5.92 Å². The summed E-state index contributed by atoms with van der Waals surface area (Å²) in [5, 5.41) is 5.66. The van der Waals surface area contributed by atoms with Crippen LogP contribution in [0.1, 0.15) is 79.7 Å². The molecule has 12 heteroatoms. The van der Waals surface area contributed by atoms with Crippen LogP contribution in [0.4, 0.5) is 9.59 Å². The second-order valence-electron chi connectivity index (χ2n) is 14.9. The van der Waals surface area contributed by atoms with Crippen molar-refractivity contribution in [2.45, 2.75) is 104 Å². The van der Waals surface area contributed by atoms with Crippen LogP contribution in [0.2, 0.25) is 0 Å². The Morgan fingerprint density at radius 1 is 0.882 bits per heavy atom. The molecule has 1 fully saturated rings. The maximum Gasteiger partial charge on any atom is 0.410 e. The first-order valence-corrected chi connectivity index (χ1v) is 17.8. The predicted octanol–water partition coefficient (Wildman–Crippen LogP) is 5.72. The summed E-state index contributed by atoms with van der Waals surface area (Å²) in [6.45, 7) is 13.0. The third kappa shape index (κ3) is 13.2. The molecule has 0 unspecified atom stereocenters. The second kappa shape index (κ2) is 18.6. The average molecular weight is 709 g/mol. The van der Waals surface area contributed by atoms with Crippen molar-refractivity contribution >= 4 is 30.0 Å². The lowest BCUT2D eigenvalue weighted by atomic mass is 10.0. The number of rotatable bonds is 14. The molecule has 3 rings (SSSR count). The summed E-state index contributed by atoms with van der Waals surface area (Å²) >= 11 is 0. The van der Waals surface area contributed by atoms with Gasteiger partial charge in [0.15, 0.2) is 0 Å². The molecule has 51 heavy (non-hydrogen) atoms. The van der Waals surface area contributed by atoms with Crippen LogP contribution in [0.25, 0.3) is 11.1 Å². The van der Waals surface area contributed by atoms with E-state index in [0.29, 0.717) is 32.4 Å². The molecule has 2 aromatic rings. The number of methoxy groups -OCH3 is 1. The number of carbonyl (C=O) groups is 5. The Kier molecular flexibility index (Phi) is 14.9. The fraction of sp³-hybridized carbons (Fsp3) is 0.564. The van der Waals surface area contributed by atoms with Crippen LogP contribution in [-0.2, 0) is 35.0 Å². The van der Waals surface area contributed by atoms with Crippen LogP contribution in [0.15, 0.2) is 54.6 Å². The fourth-order valence-electron chi connectivity index (χ4n) is 5.69. The van der Waals surface area contributed by atoms with E-state index in [4.69, 9.17) is 14.2 Å². The molecule has 1 saturated heterocycles. The number of likely N-dealkylation sites (tertiary alicyclic amines) is 1. The van der Waals surface area contributed by atoms with Crippen molar-refractivity contribution in [3.63, 3.8) is 0 Å². The van der Waals surface area contributed by atoms with Gasteiger partial charge in [0.05, 0.1) is 13.0 Å². The lowest BCUT2D eigenvalue weighted by Crippen LogP contribution is -2.53. The van der Waals surface area contributed by atoms with E-state index in [-0.39, 0.29) is 19.5 Å². The zero-order valence-corrected chi connectivity index (χ0v) is 31.5. The van der Waals surface area contributed by atoms with Crippen LogP contribution in [0.5, 0.6) is 0 Å². The molecule has 2 aromatic carbocycles. The minimum Gasteiger partial charge on any atom is -0.467 e. The highest BCUT2D eigenvalue weighted by molar-refractivity contribution is 5.87. The van der Waals surface area contributed by atoms with Gasteiger partial charge in [0.25, 0.3) is 0 Å². The van der Waals surface area contributed by atoms with Gasteiger partial charge < -0.3 is 29.7 Å². The number of urea groups is 1. The lowest BCUT2D eigenvalue weighted by Gasteiger charge is -2.31. The maximum atomic E-state index is 13.8. The lowest BCUT2D eigenvalue weighted by molar-refractivity contribution is -0.160. The zero-order valence-electron chi connectivity index (χ0n) is 31.5. The molecule has 0 spiro atoms. The molecule has 1 heterocycles. The Morgan fingerprint density at radius 3 is 2.10 bits per heavy atom. The van der Waals surface area contributed by atoms with Crippen molar-refractivity contribution in [1.82, 2.24) is 20.4 Å². The van der Waals surface area contributed by atoms with Gasteiger partial charge in [0.1, 0.15) is 23.3 Å².